The highest BCUT2D eigenvalue weighted by molar-refractivity contribution is 6.42. The van der Waals surface area contributed by atoms with Crippen LogP contribution < -0.4 is 5.32 Å². The van der Waals surface area contributed by atoms with E-state index in [2.05, 4.69) is 10.1 Å². The van der Waals surface area contributed by atoms with Gasteiger partial charge in [0.15, 0.2) is 0 Å². The van der Waals surface area contributed by atoms with Crippen molar-refractivity contribution in [1.82, 2.24) is 5.32 Å². The predicted octanol–water partition coefficient (Wildman–Crippen LogP) is 2.62. The second kappa shape index (κ2) is 6.67. The molecule has 2 rings (SSSR count). The van der Waals surface area contributed by atoms with Crippen LogP contribution in [0.4, 0.5) is 0 Å². The number of carbonyl (C=O) groups is 3. The van der Waals surface area contributed by atoms with Crippen LogP contribution in [0.1, 0.15) is 31.2 Å². The molecule has 118 valence electrons. The minimum atomic E-state index is -0.990. The monoisotopic (exact) mass is 343 g/mol. The van der Waals surface area contributed by atoms with Crippen molar-refractivity contribution < 1.29 is 19.1 Å². The van der Waals surface area contributed by atoms with Crippen LogP contribution in [-0.2, 0) is 24.5 Å². The number of esters is 1. The van der Waals surface area contributed by atoms with Gasteiger partial charge < -0.3 is 4.74 Å². The maximum Gasteiger partial charge on any atom is 0.305 e. The number of ether oxygens (including phenoxy) is 1. The predicted molar refractivity (Wildman–Crippen MR) is 81.8 cm³/mol. The molecule has 0 saturated carbocycles. The average Bonchev–Trinajstić information content (AvgIpc) is 2.49. The topological polar surface area (TPSA) is 72.5 Å². The number of amides is 2. The molecule has 1 saturated heterocycles. The molecule has 1 aromatic rings. The third-order valence-corrected chi connectivity index (χ3v) is 4.66. The number of hydrogen-bond donors (Lipinski definition) is 1. The summed E-state index contributed by atoms with van der Waals surface area (Å²) in [5.41, 5.74) is -0.355. The van der Waals surface area contributed by atoms with Crippen LogP contribution in [0.3, 0.4) is 0 Å². The molecule has 1 aromatic carbocycles. The normalized spacial score (nSPS) is 21.4. The highest BCUT2D eigenvalue weighted by atomic mass is 35.5. The van der Waals surface area contributed by atoms with E-state index >= 15 is 0 Å². The summed E-state index contributed by atoms with van der Waals surface area (Å²) >= 11 is 12.0. The van der Waals surface area contributed by atoms with Crippen molar-refractivity contribution in [2.75, 3.05) is 7.11 Å². The molecule has 0 aromatic heterocycles. The number of piperidine rings is 1. The Morgan fingerprint density at radius 3 is 2.64 bits per heavy atom. The SMILES string of the molecule is COC(=O)CCC1(c2ccc(Cl)c(Cl)c2)CCC(=O)NC1=O. The molecule has 0 aliphatic carbocycles. The van der Waals surface area contributed by atoms with Crippen LogP contribution in [0, 0.1) is 0 Å². The number of imide groups is 1. The van der Waals surface area contributed by atoms with E-state index in [1.165, 1.54) is 7.11 Å². The summed E-state index contributed by atoms with van der Waals surface area (Å²) in [6.07, 6.45) is 0.814. The van der Waals surface area contributed by atoms with E-state index in [-0.39, 0.29) is 25.2 Å². The maximum atomic E-state index is 12.5. The van der Waals surface area contributed by atoms with Gasteiger partial charge in [-0.05, 0) is 30.5 Å². The molecular formula is C15H15Cl2NO4. The van der Waals surface area contributed by atoms with E-state index < -0.39 is 17.3 Å². The van der Waals surface area contributed by atoms with Gasteiger partial charge in [0.1, 0.15) is 0 Å². The number of halogens is 2. The quantitative estimate of drug-likeness (QED) is 0.673. The Morgan fingerprint density at radius 2 is 2.05 bits per heavy atom. The van der Waals surface area contributed by atoms with Crippen molar-refractivity contribution in [2.24, 2.45) is 0 Å². The molecule has 1 aliphatic heterocycles. The molecule has 22 heavy (non-hydrogen) atoms. The van der Waals surface area contributed by atoms with Gasteiger partial charge in [0.05, 0.1) is 22.6 Å². The molecule has 5 nitrogen and oxygen atoms in total. The fourth-order valence-corrected chi connectivity index (χ4v) is 2.92. The first-order chi connectivity index (χ1) is 10.4. The summed E-state index contributed by atoms with van der Waals surface area (Å²) in [5, 5.41) is 3.03. The Balaban J connectivity index is 2.40. The van der Waals surface area contributed by atoms with Gasteiger partial charge in [-0.2, -0.15) is 0 Å². The van der Waals surface area contributed by atoms with Gasteiger partial charge in [0.2, 0.25) is 11.8 Å². The second-order valence-corrected chi connectivity index (χ2v) is 5.98. The minimum Gasteiger partial charge on any atom is -0.469 e. The Labute approximate surface area is 137 Å². The number of carbonyl (C=O) groups excluding carboxylic acids is 3. The summed E-state index contributed by atoms with van der Waals surface area (Å²) in [4.78, 5) is 35.4. The molecule has 0 bridgehead atoms. The molecule has 7 heteroatoms. The summed E-state index contributed by atoms with van der Waals surface area (Å²) in [7, 11) is 1.29. The first kappa shape index (κ1) is 16.8. The number of rotatable bonds is 4. The lowest BCUT2D eigenvalue weighted by atomic mass is 9.70. The number of benzene rings is 1. The highest BCUT2D eigenvalue weighted by Gasteiger charge is 2.44. The van der Waals surface area contributed by atoms with Gasteiger partial charge in [-0.1, -0.05) is 29.3 Å². The van der Waals surface area contributed by atoms with Gasteiger partial charge in [0, 0.05) is 12.8 Å². The third kappa shape index (κ3) is 3.25. The molecule has 2 amide bonds. The van der Waals surface area contributed by atoms with E-state index in [0.717, 1.165) is 0 Å². The van der Waals surface area contributed by atoms with E-state index in [1.807, 2.05) is 0 Å². The van der Waals surface area contributed by atoms with E-state index in [1.54, 1.807) is 18.2 Å². The van der Waals surface area contributed by atoms with Gasteiger partial charge in [-0.3, -0.25) is 19.7 Å². The summed E-state index contributed by atoms with van der Waals surface area (Å²) in [6, 6.07) is 4.90. The number of nitrogens with one attached hydrogen (secondary N) is 1. The van der Waals surface area contributed by atoms with Crippen LogP contribution in [0.25, 0.3) is 0 Å². The summed E-state index contributed by atoms with van der Waals surface area (Å²) in [5.74, 6) is -1.16. The van der Waals surface area contributed by atoms with E-state index in [4.69, 9.17) is 23.2 Å². The van der Waals surface area contributed by atoms with E-state index in [0.29, 0.717) is 22.0 Å². The maximum absolute atomic E-state index is 12.5. The lowest BCUT2D eigenvalue weighted by molar-refractivity contribution is -0.142. The molecular weight excluding hydrogens is 329 g/mol. The molecule has 0 radical (unpaired) electrons. The molecule has 1 fully saturated rings. The third-order valence-electron chi connectivity index (χ3n) is 3.92. The molecule has 1 N–H and O–H groups in total. The van der Waals surface area contributed by atoms with Crippen molar-refractivity contribution in [2.45, 2.75) is 31.1 Å². The lowest BCUT2D eigenvalue weighted by Gasteiger charge is -2.35. The van der Waals surface area contributed by atoms with Crippen molar-refractivity contribution >= 4 is 41.0 Å². The Kier molecular flexibility index (Phi) is 5.08. The minimum absolute atomic E-state index is 0.0678. The zero-order chi connectivity index (χ0) is 16.3. The zero-order valence-corrected chi connectivity index (χ0v) is 13.5. The zero-order valence-electron chi connectivity index (χ0n) is 11.9. The molecule has 1 aliphatic rings. The van der Waals surface area contributed by atoms with Gasteiger partial charge >= 0.3 is 5.97 Å². The Bertz CT molecular complexity index is 632. The largest absolute Gasteiger partial charge is 0.469 e. The summed E-state index contributed by atoms with van der Waals surface area (Å²) in [6.45, 7) is 0. The van der Waals surface area contributed by atoms with Crippen molar-refractivity contribution in [1.29, 1.82) is 0 Å². The van der Waals surface area contributed by atoms with Crippen LogP contribution >= 0.6 is 23.2 Å². The average molecular weight is 344 g/mol. The van der Waals surface area contributed by atoms with Crippen LogP contribution in [0.5, 0.6) is 0 Å². The standard InChI is InChI=1S/C15H15Cl2NO4/c1-22-13(20)5-7-15(6-4-12(19)18-14(15)21)9-2-3-10(16)11(17)8-9/h2-3,8H,4-7H2,1H3,(H,18,19,21). The molecule has 1 atom stereocenters. The van der Waals surface area contributed by atoms with Crippen molar-refractivity contribution in [3.63, 3.8) is 0 Å². The van der Waals surface area contributed by atoms with E-state index in [9.17, 15) is 14.4 Å². The number of hydrogen-bond acceptors (Lipinski definition) is 4. The lowest BCUT2D eigenvalue weighted by Crippen LogP contribution is -2.51. The Morgan fingerprint density at radius 1 is 1.32 bits per heavy atom. The fraction of sp³-hybridized carbons (Fsp3) is 0.400. The molecule has 0 spiro atoms. The van der Waals surface area contributed by atoms with Crippen LogP contribution in [0.2, 0.25) is 10.0 Å². The highest BCUT2D eigenvalue weighted by Crippen LogP contribution is 2.39. The van der Waals surface area contributed by atoms with Gasteiger partial charge in [-0.25, -0.2) is 0 Å². The first-order valence-electron chi connectivity index (χ1n) is 6.75. The van der Waals surface area contributed by atoms with Crippen molar-refractivity contribution in [3.8, 4) is 0 Å². The number of methoxy groups -OCH3 is 1. The van der Waals surface area contributed by atoms with Gasteiger partial charge in [0.25, 0.3) is 0 Å². The summed E-state index contributed by atoms with van der Waals surface area (Å²) < 4.78 is 4.64. The second-order valence-electron chi connectivity index (χ2n) is 5.16. The molecule has 1 heterocycles. The first-order valence-corrected chi connectivity index (χ1v) is 7.51. The fourth-order valence-electron chi connectivity index (χ4n) is 2.62. The molecule has 1 unspecified atom stereocenters. The van der Waals surface area contributed by atoms with Gasteiger partial charge in [-0.15, -0.1) is 0 Å². The van der Waals surface area contributed by atoms with Crippen LogP contribution in [-0.4, -0.2) is 24.9 Å². The van der Waals surface area contributed by atoms with Crippen molar-refractivity contribution in [3.05, 3.63) is 33.8 Å². The van der Waals surface area contributed by atoms with Crippen LogP contribution in [0.15, 0.2) is 18.2 Å². The smallest absolute Gasteiger partial charge is 0.305 e. The Hall–Kier alpha value is -1.59.